The number of nitrogens with one attached hydrogen (secondary N) is 1. The van der Waals surface area contributed by atoms with Gasteiger partial charge < -0.3 is 4.98 Å². The van der Waals surface area contributed by atoms with Gasteiger partial charge in [-0.25, -0.2) is 9.67 Å². The number of fused-ring (bicyclic) bond motifs is 1. The number of thiophene rings is 2. The fourth-order valence-electron chi connectivity index (χ4n) is 2.61. The van der Waals surface area contributed by atoms with Crippen molar-refractivity contribution in [1.29, 1.82) is 0 Å². The van der Waals surface area contributed by atoms with E-state index in [2.05, 4.69) is 31.6 Å². The van der Waals surface area contributed by atoms with E-state index in [1.807, 2.05) is 32.2 Å². The Morgan fingerprint density at radius 3 is 3.00 bits per heavy atom. The third-order valence-electron chi connectivity index (χ3n) is 4.11. The maximum atomic E-state index is 12.5. The SMILES string of the molecule is Cc1sc2nc(C(C)Sc3nnnn3Cc3cccs3)[nH]c(=O)c2c1C. The zero-order valence-electron chi connectivity index (χ0n) is 14.4. The number of nitrogens with zero attached hydrogens (tertiary/aromatic N) is 5. The first-order valence-electron chi connectivity index (χ1n) is 7.98. The van der Waals surface area contributed by atoms with Gasteiger partial charge in [0.25, 0.3) is 5.56 Å². The number of aryl methyl sites for hydroxylation is 2. The highest BCUT2D eigenvalue weighted by atomic mass is 32.2. The molecule has 0 aliphatic heterocycles. The zero-order valence-corrected chi connectivity index (χ0v) is 16.8. The minimum atomic E-state index is -0.0857. The number of rotatable bonds is 5. The molecule has 4 aromatic rings. The Bertz CT molecular complexity index is 1110. The van der Waals surface area contributed by atoms with Crippen LogP contribution >= 0.6 is 34.4 Å². The monoisotopic (exact) mass is 404 g/mol. The summed E-state index contributed by atoms with van der Waals surface area (Å²) in [7, 11) is 0. The minimum Gasteiger partial charge on any atom is -0.309 e. The summed E-state index contributed by atoms with van der Waals surface area (Å²) in [6.45, 7) is 6.59. The van der Waals surface area contributed by atoms with Crippen molar-refractivity contribution in [2.24, 2.45) is 0 Å². The van der Waals surface area contributed by atoms with Gasteiger partial charge in [-0.3, -0.25) is 4.79 Å². The van der Waals surface area contributed by atoms with Crippen molar-refractivity contribution in [1.82, 2.24) is 30.2 Å². The molecule has 26 heavy (non-hydrogen) atoms. The van der Waals surface area contributed by atoms with E-state index in [4.69, 9.17) is 0 Å². The van der Waals surface area contributed by atoms with Gasteiger partial charge in [0.2, 0.25) is 5.16 Å². The molecule has 10 heteroatoms. The quantitative estimate of drug-likeness (QED) is 0.512. The Hall–Kier alpha value is -2.04. The predicted octanol–water partition coefficient (Wildman–Crippen LogP) is 3.55. The molecule has 0 spiro atoms. The molecule has 0 bridgehead atoms. The molecular weight excluding hydrogens is 388 g/mol. The summed E-state index contributed by atoms with van der Waals surface area (Å²) in [5.41, 5.74) is 0.919. The lowest BCUT2D eigenvalue weighted by molar-refractivity contribution is 0.607. The van der Waals surface area contributed by atoms with Crippen LogP contribution in [0.2, 0.25) is 0 Å². The smallest absolute Gasteiger partial charge is 0.259 e. The van der Waals surface area contributed by atoms with Crippen molar-refractivity contribution < 1.29 is 0 Å². The normalized spacial score (nSPS) is 12.7. The molecule has 1 N–H and O–H groups in total. The number of hydrogen-bond acceptors (Lipinski definition) is 8. The number of hydrogen-bond donors (Lipinski definition) is 1. The van der Waals surface area contributed by atoms with Crippen LogP contribution in [0.4, 0.5) is 0 Å². The highest BCUT2D eigenvalue weighted by Crippen LogP contribution is 2.33. The van der Waals surface area contributed by atoms with Crippen LogP contribution in [-0.4, -0.2) is 30.2 Å². The largest absolute Gasteiger partial charge is 0.309 e. The fraction of sp³-hybridized carbons (Fsp3) is 0.312. The minimum absolute atomic E-state index is 0.0807. The standard InChI is InChI=1S/C16H16N6OS3/c1-8-9(2)25-15-12(8)14(23)17-13(18-15)10(3)26-16-19-20-21-22(16)7-11-5-4-6-24-11/h4-6,10H,7H2,1-3H3,(H,17,18,23). The molecule has 0 saturated heterocycles. The van der Waals surface area contributed by atoms with Crippen LogP contribution in [0.25, 0.3) is 10.2 Å². The molecule has 0 radical (unpaired) electrons. The van der Waals surface area contributed by atoms with E-state index in [1.165, 1.54) is 16.6 Å². The fourth-order valence-corrected chi connectivity index (χ4v) is 5.18. The molecule has 0 amide bonds. The van der Waals surface area contributed by atoms with Crippen LogP contribution in [0, 0.1) is 13.8 Å². The van der Waals surface area contributed by atoms with E-state index in [9.17, 15) is 4.79 Å². The van der Waals surface area contributed by atoms with Gasteiger partial charge in [0.1, 0.15) is 10.7 Å². The number of H-pyrrole nitrogens is 1. The van der Waals surface area contributed by atoms with Gasteiger partial charge in [0, 0.05) is 9.75 Å². The van der Waals surface area contributed by atoms with Gasteiger partial charge in [-0.1, -0.05) is 17.8 Å². The van der Waals surface area contributed by atoms with Crippen molar-refractivity contribution >= 4 is 44.7 Å². The molecule has 0 aliphatic carbocycles. The van der Waals surface area contributed by atoms with Crippen molar-refractivity contribution in [3.8, 4) is 0 Å². The topological polar surface area (TPSA) is 89.3 Å². The molecule has 0 aromatic carbocycles. The van der Waals surface area contributed by atoms with Crippen LogP contribution in [0.15, 0.2) is 27.5 Å². The first-order chi connectivity index (χ1) is 12.5. The summed E-state index contributed by atoms with van der Waals surface area (Å²) in [5.74, 6) is 0.638. The third-order valence-corrected chi connectivity index (χ3v) is 7.15. The Balaban J connectivity index is 1.61. The van der Waals surface area contributed by atoms with Crippen LogP contribution < -0.4 is 5.56 Å². The molecule has 0 fully saturated rings. The lowest BCUT2D eigenvalue weighted by Crippen LogP contribution is -2.13. The van der Waals surface area contributed by atoms with E-state index >= 15 is 0 Å². The summed E-state index contributed by atoms with van der Waals surface area (Å²) in [6, 6.07) is 4.06. The Labute approximate surface area is 161 Å². The molecular formula is C16H16N6OS3. The van der Waals surface area contributed by atoms with Crippen molar-refractivity contribution in [2.45, 2.75) is 37.7 Å². The van der Waals surface area contributed by atoms with Crippen LogP contribution in [0.1, 0.15) is 33.3 Å². The molecule has 4 rings (SSSR count). The molecule has 4 heterocycles. The van der Waals surface area contributed by atoms with Crippen molar-refractivity contribution in [3.05, 3.63) is 49.0 Å². The molecule has 1 atom stereocenters. The van der Waals surface area contributed by atoms with E-state index < -0.39 is 0 Å². The van der Waals surface area contributed by atoms with Crippen LogP contribution in [0.3, 0.4) is 0 Å². The van der Waals surface area contributed by atoms with E-state index in [0.29, 0.717) is 22.9 Å². The van der Waals surface area contributed by atoms with Crippen LogP contribution in [-0.2, 0) is 6.54 Å². The van der Waals surface area contributed by atoms with Crippen LogP contribution in [0.5, 0.6) is 0 Å². The van der Waals surface area contributed by atoms with Gasteiger partial charge in [-0.05, 0) is 48.2 Å². The second-order valence-electron chi connectivity index (χ2n) is 5.87. The summed E-state index contributed by atoms with van der Waals surface area (Å²) < 4.78 is 1.77. The average Bonchev–Trinajstić information content (AvgIpc) is 3.32. The second-order valence-corrected chi connectivity index (χ2v) is 9.42. The van der Waals surface area contributed by atoms with E-state index in [-0.39, 0.29) is 10.8 Å². The Kier molecular flexibility index (Phi) is 4.63. The number of thioether (sulfide) groups is 1. The molecule has 7 nitrogen and oxygen atoms in total. The number of aromatic nitrogens is 6. The molecule has 134 valence electrons. The highest BCUT2D eigenvalue weighted by Gasteiger charge is 2.19. The number of tetrazole rings is 1. The van der Waals surface area contributed by atoms with E-state index in [0.717, 1.165) is 15.3 Å². The first kappa shape index (κ1) is 17.4. The third kappa shape index (κ3) is 3.19. The lowest BCUT2D eigenvalue weighted by Gasteiger charge is -2.10. The second kappa shape index (κ2) is 6.93. The first-order valence-corrected chi connectivity index (χ1v) is 10.6. The highest BCUT2D eigenvalue weighted by molar-refractivity contribution is 7.99. The summed E-state index contributed by atoms with van der Waals surface area (Å²) >= 11 is 4.71. The Morgan fingerprint density at radius 2 is 2.23 bits per heavy atom. The van der Waals surface area contributed by atoms with Gasteiger partial charge >= 0.3 is 0 Å². The van der Waals surface area contributed by atoms with Gasteiger partial charge in [-0.2, -0.15) is 0 Å². The van der Waals surface area contributed by atoms with Gasteiger partial charge in [-0.15, -0.1) is 27.8 Å². The predicted molar refractivity (Wildman–Crippen MR) is 105 cm³/mol. The summed E-state index contributed by atoms with van der Waals surface area (Å²) in [6.07, 6.45) is 0. The summed E-state index contributed by atoms with van der Waals surface area (Å²) in [4.78, 5) is 23.2. The maximum absolute atomic E-state index is 12.5. The lowest BCUT2D eigenvalue weighted by atomic mass is 10.2. The van der Waals surface area contributed by atoms with Gasteiger partial charge in [0.05, 0.1) is 17.2 Å². The average molecular weight is 405 g/mol. The zero-order chi connectivity index (χ0) is 18.3. The maximum Gasteiger partial charge on any atom is 0.259 e. The van der Waals surface area contributed by atoms with Crippen molar-refractivity contribution in [3.63, 3.8) is 0 Å². The summed E-state index contributed by atoms with van der Waals surface area (Å²) in [5, 5.41) is 15.3. The molecule has 0 aliphatic rings. The van der Waals surface area contributed by atoms with Gasteiger partial charge in [0.15, 0.2) is 0 Å². The van der Waals surface area contributed by atoms with Crippen molar-refractivity contribution in [2.75, 3.05) is 0 Å². The molecule has 0 saturated carbocycles. The number of aromatic amines is 1. The Morgan fingerprint density at radius 1 is 1.38 bits per heavy atom. The van der Waals surface area contributed by atoms with E-state index in [1.54, 1.807) is 27.4 Å². The molecule has 1 unspecified atom stereocenters. The molecule has 4 aromatic heterocycles.